The van der Waals surface area contributed by atoms with E-state index in [1.54, 1.807) is 0 Å². The van der Waals surface area contributed by atoms with E-state index in [-0.39, 0.29) is 30.4 Å². The van der Waals surface area contributed by atoms with Gasteiger partial charge in [-0.05, 0) is 12.8 Å². The highest BCUT2D eigenvalue weighted by atomic mass is 32.2. The van der Waals surface area contributed by atoms with Crippen LogP contribution in [-0.2, 0) is 14.6 Å². The Morgan fingerprint density at radius 1 is 0.923 bits per heavy atom. The van der Waals surface area contributed by atoms with Crippen molar-refractivity contribution in [3.05, 3.63) is 0 Å². The minimum atomic E-state index is -6.28. The van der Waals surface area contributed by atoms with Crippen molar-refractivity contribution in [2.75, 3.05) is 38.7 Å². The zero-order valence-electron chi connectivity index (χ0n) is 14.1. The molecule has 0 N–H and O–H groups in total. The predicted molar refractivity (Wildman–Crippen MR) is 75.3 cm³/mol. The van der Waals surface area contributed by atoms with E-state index in [1.807, 2.05) is 0 Å². The fraction of sp³-hybridized carbons (Fsp3) is 0.923. The molecule has 0 saturated carbocycles. The molecule has 0 aliphatic rings. The number of carbonyl (C=O) groups excluding carboxylic acids is 1. The maximum Gasteiger partial charge on any atom is 0.431 e. The number of sulfone groups is 1. The molecule has 156 valence electrons. The first-order chi connectivity index (χ1) is 11.3. The van der Waals surface area contributed by atoms with Gasteiger partial charge in [-0.2, -0.15) is 26.3 Å². The first-order valence-corrected chi connectivity index (χ1v) is 9.20. The largest absolute Gasteiger partial charge is 0.544 e. The number of unbranched alkanes of at least 4 members (excludes halogenated alkanes) is 1. The second-order valence-electron chi connectivity index (χ2n) is 6.60. The number of carboxylic acid groups (broad SMARTS) is 1. The molecule has 0 heterocycles. The van der Waals surface area contributed by atoms with Gasteiger partial charge in [0.1, 0.15) is 16.4 Å². The zero-order valence-corrected chi connectivity index (χ0v) is 14.9. The zero-order chi connectivity index (χ0) is 21.0. The Bertz CT molecular complexity index is 570. The van der Waals surface area contributed by atoms with Crippen molar-refractivity contribution < 1.29 is 53.5 Å². The molecule has 0 unspecified atom stereocenters. The van der Waals surface area contributed by atoms with Gasteiger partial charge in [0.15, 0.2) is 0 Å². The van der Waals surface area contributed by atoms with Crippen LogP contribution < -0.4 is 5.11 Å². The molecule has 0 rings (SSSR count). The summed E-state index contributed by atoms with van der Waals surface area (Å²) in [5.74, 6) is -3.68. The van der Waals surface area contributed by atoms with Gasteiger partial charge in [-0.3, -0.25) is 0 Å². The minimum Gasteiger partial charge on any atom is -0.544 e. The highest BCUT2D eigenvalue weighted by molar-refractivity contribution is 7.91. The average Bonchev–Trinajstić information content (AvgIpc) is 2.37. The highest BCUT2D eigenvalue weighted by Crippen LogP contribution is 2.48. The first-order valence-electron chi connectivity index (χ1n) is 7.38. The summed E-state index contributed by atoms with van der Waals surface area (Å²) in [5, 5.41) is 10.5. The fourth-order valence-electron chi connectivity index (χ4n) is 2.13. The number of carboxylic acids is 1. The molecule has 0 amide bonds. The van der Waals surface area contributed by atoms with Gasteiger partial charge in [0.25, 0.3) is 5.67 Å². The van der Waals surface area contributed by atoms with Crippen LogP contribution >= 0.6 is 0 Å². The van der Waals surface area contributed by atoms with Gasteiger partial charge in [-0.25, -0.2) is 12.8 Å². The average molecular weight is 419 g/mol. The number of likely N-dealkylation sites (N-methyl/N-ethyl adjacent to an activating group) is 1. The second-order valence-corrected chi connectivity index (χ2v) is 8.90. The molecule has 0 radical (unpaired) electrons. The monoisotopic (exact) mass is 419 g/mol. The Morgan fingerprint density at radius 3 is 1.77 bits per heavy atom. The summed E-state index contributed by atoms with van der Waals surface area (Å²) < 4.78 is 111. The molecule has 0 aromatic rings. The summed E-state index contributed by atoms with van der Waals surface area (Å²) in [6.07, 6.45) is -14.8. The third-order valence-electron chi connectivity index (χ3n) is 3.68. The van der Waals surface area contributed by atoms with Crippen molar-refractivity contribution in [2.45, 2.75) is 37.3 Å². The van der Waals surface area contributed by atoms with Crippen molar-refractivity contribution in [3.8, 4) is 0 Å². The summed E-state index contributed by atoms with van der Waals surface area (Å²) >= 11 is 0. The van der Waals surface area contributed by atoms with Crippen molar-refractivity contribution in [2.24, 2.45) is 0 Å². The molecule has 13 heteroatoms. The van der Waals surface area contributed by atoms with Gasteiger partial charge in [0.2, 0.25) is 0 Å². The van der Waals surface area contributed by atoms with Gasteiger partial charge in [0.05, 0.1) is 38.1 Å². The lowest BCUT2D eigenvalue weighted by atomic mass is 10.0. The maximum atomic E-state index is 13.4. The van der Waals surface area contributed by atoms with Crippen molar-refractivity contribution in [3.63, 3.8) is 0 Å². The van der Waals surface area contributed by atoms with Crippen LogP contribution in [0, 0.1) is 0 Å². The third-order valence-corrected chi connectivity index (χ3v) is 5.42. The van der Waals surface area contributed by atoms with Gasteiger partial charge >= 0.3 is 12.4 Å². The third kappa shape index (κ3) is 7.64. The molecule has 0 aromatic carbocycles. The van der Waals surface area contributed by atoms with Crippen molar-refractivity contribution >= 4 is 15.8 Å². The van der Waals surface area contributed by atoms with Crippen molar-refractivity contribution in [1.29, 1.82) is 0 Å². The molecule has 0 aromatic heterocycles. The second kappa shape index (κ2) is 8.28. The smallest absolute Gasteiger partial charge is 0.431 e. The quantitative estimate of drug-likeness (QED) is 0.303. The standard InChI is InChI=1S/C13H20F7NO4S/c1-21(2,9-10(22)23)6-3-4-7-26(24,25)8-5-11(14,12(15,16)17)13(18,19)20/h3-9H2,1-2H3. The lowest BCUT2D eigenvalue weighted by Gasteiger charge is -2.30. The number of aliphatic carboxylic acids is 1. The molecule has 26 heavy (non-hydrogen) atoms. The number of alkyl halides is 7. The number of nitrogens with zero attached hydrogens (tertiary/aromatic N) is 1. The van der Waals surface area contributed by atoms with E-state index in [9.17, 15) is 49.1 Å². The Morgan fingerprint density at radius 2 is 1.38 bits per heavy atom. The summed E-state index contributed by atoms with van der Waals surface area (Å²) in [7, 11) is -1.31. The summed E-state index contributed by atoms with van der Waals surface area (Å²) in [4.78, 5) is 10.5. The Labute approximate surface area is 146 Å². The number of rotatable bonds is 10. The van der Waals surface area contributed by atoms with Gasteiger partial charge in [-0.15, -0.1) is 0 Å². The lowest BCUT2D eigenvalue weighted by molar-refractivity contribution is -0.885. The van der Waals surface area contributed by atoms with Crippen LogP contribution in [0.5, 0.6) is 0 Å². The topological polar surface area (TPSA) is 74.3 Å². The SMILES string of the molecule is C[N+](C)(CCCCS(=O)(=O)CCC(F)(C(F)(F)F)C(F)(F)F)CC(=O)[O-]. The van der Waals surface area contributed by atoms with Gasteiger partial charge in [-0.1, -0.05) is 0 Å². The molecule has 0 atom stereocenters. The van der Waals surface area contributed by atoms with Crippen LogP contribution in [0.1, 0.15) is 19.3 Å². The van der Waals surface area contributed by atoms with Crippen LogP contribution in [0.3, 0.4) is 0 Å². The number of hydrogen-bond donors (Lipinski definition) is 0. The molecule has 0 fully saturated rings. The number of halogens is 7. The Hall–Kier alpha value is -1.11. The molecular weight excluding hydrogens is 399 g/mol. The predicted octanol–water partition coefficient (Wildman–Crippen LogP) is 1.23. The van der Waals surface area contributed by atoms with E-state index < -0.39 is 51.8 Å². The molecule has 0 saturated heterocycles. The molecule has 5 nitrogen and oxygen atoms in total. The van der Waals surface area contributed by atoms with E-state index in [0.29, 0.717) is 0 Å². The highest BCUT2D eigenvalue weighted by Gasteiger charge is 2.72. The van der Waals surface area contributed by atoms with Crippen molar-refractivity contribution in [1.82, 2.24) is 0 Å². The van der Waals surface area contributed by atoms with Crippen LogP contribution in [0.15, 0.2) is 0 Å². The number of quaternary nitrogens is 1. The molecular formula is C13H20F7NO4S. The van der Waals surface area contributed by atoms with Crippen LogP contribution in [0.2, 0.25) is 0 Å². The summed E-state index contributed by atoms with van der Waals surface area (Å²) in [6.45, 7) is -0.157. The van der Waals surface area contributed by atoms with E-state index in [4.69, 9.17) is 0 Å². The van der Waals surface area contributed by atoms with E-state index >= 15 is 0 Å². The van der Waals surface area contributed by atoms with Gasteiger partial charge < -0.3 is 14.4 Å². The van der Waals surface area contributed by atoms with E-state index in [0.717, 1.165) is 0 Å². The molecule has 0 spiro atoms. The molecule has 0 aliphatic heterocycles. The van der Waals surface area contributed by atoms with E-state index in [1.165, 1.54) is 14.1 Å². The fourth-order valence-corrected chi connectivity index (χ4v) is 3.57. The molecule has 0 aliphatic carbocycles. The first kappa shape index (κ1) is 24.9. The normalized spacial score (nSPS) is 14.5. The van der Waals surface area contributed by atoms with Crippen LogP contribution in [0.25, 0.3) is 0 Å². The Balaban J connectivity index is 4.70. The van der Waals surface area contributed by atoms with Crippen LogP contribution in [-0.4, -0.2) is 75.6 Å². The van der Waals surface area contributed by atoms with E-state index in [2.05, 4.69) is 0 Å². The molecule has 0 bridgehead atoms. The number of carbonyl (C=O) groups is 1. The number of hydrogen-bond acceptors (Lipinski definition) is 4. The Kier molecular flexibility index (Phi) is 7.92. The van der Waals surface area contributed by atoms with Gasteiger partial charge in [0, 0.05) is 6.42 Å². The maximum absolute atomic E-state index is 13.4. The minimum absolute atomic E-state index is 0.0435. The lowest BCUT2D eigenvalue weighted by Crippen LogP contribution is -2.54. The summed E-state index contributed by atoms with van der Waals surface area (Å²) in [6, 6.07) is 0. The summed E-state index contributed by atoms with van der Waals surface area (Å²) in [5.41, 5.74) is -5.60. The van der Waals surface area contributed by atoms with Crippen LogP contribution in [0.4, 0.5) is 30.7 Å².